The van der Waals surface area contributed by atoms with Gasteiger partial charge in [-0.05, 0) is 19.1 Å². The van der Waals surface area contributed by atoms with Crippen LogP contribution >= 0.6 is 11.3 Å². The van der Waals surface area contributed by atoms with Crippen LogP contribution in [0.25, 0.3) is 4.96 Å². The highest BCUT2D eigenvalue weighted by molar-refractivity contribution is 7.15. The fourth-order valence-corrected chi connectivity index (χ4v) is 3.40. The molecule has 0 atom stereocenters. The van der Waals surface area contributed by atoms with Gasteiger partial charge in [0.25, 0.3) is 17.0 Å². The van der Waals surface area contributed by atoms with Gasteiger partial charge in [0, 0.05) is 17.1 Å². The molecule has 3 aromatic heterocycles. The van der Waals surface area contributed by atoms with E-state index in [1.807, 2.05) is 0 Å². The summed E-state index contributed by atoms with van der Waals surface area (Å²) in [5.41, 5.74) is 2.12. The SMILES string of the molecule is Cc1csc2nc(Cn3c(C(F)(F)F)ccc(C(N)=O)c3=O)cc(=O)n12. The largest absolute Gasteiger partial charge is 0.431 e. The number of nitrogens with two attached hydrogens (primary N) is 1. The smallest absolute Gasteiger partial charge is 0.365 e. The zero-order valence-corrected chi connectivity index (χ0v) is 14.0. The lowest BCUT2D eigenvalue weighted by atomic mass is 10.2. The molecule has 0 aliphatic rings. The molecule has 0 fully saturated rings. The number of carbonyl (C=O) groups excluding carboxylic acids is 1. The summed E-state index contributed by atoms with van der Waals surface area (Å²) in [6.45, 7) is 1.06. The molecule has 0 aliphatic carbocycles. The average Bonchev–Trinajstić information content (AvgIpc) is 2.89. The second-order valence-corrected chi connectivity index (χ2v) is 6.30. The molecular weight excluding hydrogens is 373 g/mol. The molecule has 0 unspecified atom stereocenters. The van der Waals surface area contributed by atoms with Crippen molar-refractivity contribution in [3.05, 3.63) is 66.9 Å². The Kier molecular flexibility index (Phi) is 4.18. The third-order valence-electron chi connectivity index (χ3n) is 3.68. The minimum Gasteiger partial charge on any atom is -0.365 e. The lowest BCUT2D eigenvalue weighted by Crippen LogP contribution is -2.34. The van der Waals surface area contributed by atoms with Crippen LogP contribution in [0.4, 0.5) is 13.2 Å². The van der Waals surface area contributed by atoms with Crippen LogP contribution in [-0.4, -0.2) is 19.9 Å². The minimum absolute atomic E-state index is 0.0360. The highest BCUT2D eigenvalue weighted by Crippen LogP contribution is 2.28. The molecule has 3 rings (SSSR count). The van der Waals surface area contributed by atoms with Gasteiger partial charge in [0.15, 0.2) is 4.96 Å². The number of primary amides is 1. The predicted octanol–water partition coefficient (Wildman–Crippen LogP) is 1.39. The first kappa shape index (κ1) is 17.9. The first-order valence-corrected chi connectivity index (χ1v) is 8.05. The maximum atomic E-state index is 13.2. The van der Waals surface area contributed by atoms with Crippen molar-refractivity contribution < 1.29 is 18.0 Å². The number of carbonyl (C=O) groups is 1. The standard InChI is InChI=1S/C15H11F3N4O3S/c1-7-6-26-14-20-8(4-11(23)22(7)14)5-21-10(15(16,17)18)3-2-9(12(19)24)13(21)25/h2-4,6H,5H2,1H3,(H2,19,24). The van der Waals surface area contributed by atoms with Gasteiger partial charge in [0.05, 0.1) is 12.2 Å². The third-order valence-corrected chi connectivity index (χ3v) is 4.62. The van der Waals surface area contributed by atoms with Gasteiger partial charge in [-0.2, -0.15) is 13.2 Å². The second kappa shape index (κ2) is 6.09. The molecule has 0 radical (unpaired) electrons. The van der Waals surface area contributed by atoms with Gasteiger partial charge in [-0.3, -0.25) is 23.4 Å². The number of thiazole rings is 1. The second-order valence-electron chi connectivity index (χ2n) is 5.47. The van der Waals surface area contributed by atoms with Crippen LogP contribution in [0, 0.1) is 6.92 Å². The molecule has 3 heterocycles. The van der Waals surface area contributed by atoms with Gasteiger partial charge in [-0.1, -0.05) is 0 Å². The summed E-state index contributed by atoms with van der Waals surface area (Å²) >= 11 is 1.14. The van der Waals surface area contributed by atoms with E-state index in [1.165, 1.54) is 4.40 Å². The van der Waals surface area contributed by atoms with Crippen LogP contribution < -0.4 is 16.9 Å². The quantitative estimate of drug-likeness (QED) is 0.738. The molecule has 0 bridgehead atoms. The predicted molar refractivity (Wildman–Crippen MR) is 87.4 cm³/mol. The van der Waals surface area contributed by atoms with Crippen molar-refractivity contribution in [2.75, 3.05) is 0 Å². The van der Waals surface area contributed by atoms with Gasteiger partial charge in [-0.15, -0.1) is 11.3 Å². The molecule has 0 spiro atoms. The molecule has 1 amide bonds. The molecule has 2 N–H and O–H groups in total. The Morgan fingerprint density at radius 2 is 2.00 bits per heavy atom. The first-order chi connectivity index (χ1) is 12.1. The van der Waals surface area contributed by atoms with Gasteiger partial charge in [0.2, 0.25) is 0 Å². The lowest BCUT2D eigenvalue weighted by Gasteiger charge is -2.15. The average molecular weight is 384 g/mol. The van der Waals surface area contributed by atoms with Crippen LogP contribution in [-0.2, 0) is 12.7 Å². The Labute approximate surface area is 147 Å². The molecule has 7 nitrogen and oxygen atoms in total. The molecule has 11 heteroatoms. The zero-order chi connectivity index (χ0) is 19.2. The summed E-state index contributed by atoms with van der Waals surface area (Å²) in [5.74, 6) is -1.14. The Morgan fingerprint density at radius 1 is 1.31 bits per heavy atom. The van der Waals surface area contributed by atoms with Gasteiger partial charge >= 0.3 is 6.18 Å². The number of pyridine rings is 1. The molecule has 26 heavy (non-hydrogen) atoms. The van der Waals surface area contributed by atoms with E-state index in [1.54, 1.807) is 12.3 Å². The number of alkyl halides is 3. The highest BCUT2D eigenvalue weighted by Gasteiger charge is 2.35. The van der Waals surface area contributed by atoms with E-state index >= 15 is 0 Å². The normalized spacial score (nSPS) is 11.8. The fourth-order valence-electron chi connectivity index (χ4n) is 2.51. The monoisotopic (exact) mass is 384 g/mol. The number of aryl methyl sites for hydroxylation is 1. The van der Waals surface area contributed by atoms with E-state index in [9.17, 15) is 27.6 Å². The third kappa shape index (κ3) is 3.01. The molecule has 0 saturated heterocycles. The van der Waals surface area contributed by atoms with E-state index in [0.29, 0.717) is 16.3 Å². The fraction of sp³-hybridized carbons (Fsp3) is 0.200. The number of halogens is 3. The van der Waals surface area contributed by atoms with Gasteiger partial charge < -0.3 is 5.73 Å². The Bertz CT molecular complexity index is 1140. The topological polar surface area (TPSA) is 99.5 Å². The Balaban J connectivity index is 2.20. The number of hydrogen-bond acceptors (Lipinski definition) is 5. The van der Waals surface area contributed by atoms with E-state index in [4.69, 9.17) is 5.73 Å². The minimum atomic E-state index is -4.84. The summed E-state index contributed by atoms with van der Waals surface area (Å²) in [5, 5.41) is 1.68. The number of nitrogens with zero attached hydrogens (tertiary/aromatic N) is 3. The van der Waals surface area contributed by atoms with E-state index in [-0.39, 0.29) is 10.7 Å². The van der Waals surface area contributed by atoms with Crippen molar-refractivity contribution in [2.24, 2.45) is 5.73 Å². The van der Waals surface area contributed by atoms with Crippen LogP contribution in [0.5, 0.6) is 0 Å². The van der Waals surface area contributed by atoms with E-state index < -0.39 is 41.0 Å². The molecular formula is C15H11F3N4O3S. The van der Waals surface area contributed by atoms with Crippen molar-refractivity contribution in [3.8, 4) is 0 Å². The van der Waals surface area contributed by atoms with Crippen molar-refractivity contribution in [1.82, 2.24) is 14.0 Å². The maximum Gasteiger partial charge on any atom is 0.431 e. The molecule has 0 aliphatic heterocycles. The molecule has 136 valence electrons. The highest BCUT2D eigenvalue weighted by atomic mass is 32.1. The number of fused-ring (bicyclic) bond motifs is 1. The summed E-state index contributed by atoms with van der Waals surface area (Å²) in [4.78, 5) is 40.1. The Morgan fingerprint density at radius 3 is 2.62 bits per heavy atom. The first-order valence-electron chi connectivity index (χ1n) is 7.17. The number of aromatic nitrogens is 3. The van der Waals surface area contributed by atoms with E-state index in [0.717, 1.165) is 23.5 Å². The molecule has 0 aromatic carbocycles. The van der Waals surface area contributed by atoms with Crippen LogP contribution in [0.1, 0.15) is 27.4 Å². The van der Waals surface area contributed by atoms with Crippen molar-refractivity contribution in [2.45, 2.75) is 19.6 Å². The number of hydrogen-bond donors (Lipinski definition) is 1. The van der Waals surface area contributed by atoms with Crippen LogP contribution in [0.15, 0.2) is 33.2 Å². The van der Waals surface area contributed by atoms with Crippen molar-refractivity contribution in [3.63, 3.8) is 0 Å². The van der Waals surface area contributed by atoms with Crippen LogP contribution in [0.3, 0.4) is 0 Å². The Hall–Kier alpha value is -2.95. The number of rotatable bonds is 3. The number of amides is 1. The van der Waals surface area contributed by atoms with Crippen molar-refractivity contribution in [1.29, 1.82) is 0 Å². The maximum absolute atomic E-state index is 13.2. The van der Waals surface area contributed by atoms with Crippen LogP contribution in [0.2, 0.25) is 0 Å². The lowest BCUT2D eigenvalue weighted by molar-refractivity contribution is -0.144. The molecule has 0 saturated carbocycles. The van der Waals surface area contributed by atoms with E-state index in [2.05, 4.69) is 4.98 Å². The van der Waals surface area contributed by atoms with Gasteiger partial charge in [0.1, 0.15) is 11.3 Å². The summed E-state index contributed by atoms with van der Waals surface area (Å²) in [6.07, 6.45) is -4.84. The molecule has 3 aromatic rings. The van der Waals surface area contributed by atoms with Gasteiger partial charge in [-0.25, -0.2) is 4.98 Å². The zero-order valence-electron chi connectivity index (χ0n) is 13.2. The summed E-state index contributed by atoms with van der Waals surface area (Å²) in [6, 6.07) is 2.39. The van der Waals surface area contributed by atoms with Crippen molar-refractivity contribution >= 4 is 22.2 Å². The summed E-state index contributed by atoms with van der Waals surface area (Å²) in [7, 11) is 0. The summed E-state index contributed by atoms with van der Waals surface area (Å²) < 4.78 is 41.4.